The molecule has 0 saturated carbocycles. The summed E-state index contributed by atoms with van der Waals surface area (Å²) in [6.07, 6.45) is 4.95. The van der Waals surface area contributed by atoms with Gasteiger partial charge in [0.2, 0.25) is 0 Å². The molecule has 0 spiro atoms. The van der Waals surface area contributed by atoms with Gasteiger partial charge in [0, 0.05) is 12.7 Å². The van der Waals surface area contributed by atoms with E-state index in [1.165, 1.54) is 19.0 Å². The van der Waals surface area contributed by atoms with Gasteiger partial charge in [0.05, 0.1) is 23.4 Å². The SMILES string of the molecule is CCCCCNc1ccc(C(=O)Nc2ccccc2C(=O)OCC)cn1. The fraction of sp³-hybridized carbons (Fsp3) is 0.350. The van der Waals surface area contributed by atoms with E-state index in [0.29, 0.717) is 16.8 Å². The molecule has 6 nitrogen and oxygen atoms in total. The number of esters is 1. The van der Waals surface area contributed by atoms with Crippen LogP contribution >= 0.6 is 0 Å². The number of hydrogen-bond acceptors (Lipinski definition) is 5. The van der Waals surface area contributed by atoms with Crippen molar-refractivity contribution in [3.05, 3.63) is 53.7 Å². The Morgan fingerprint density at radius 1 is 1.08 bits per heavy atom. The molecular weight excluding hydrogens is 330 g/mol. The first-order valence-electron chi connectivity index (χ1n) is 8.93. The molecule has 2 rings (SSSR count). The Balaban J connectivity index is 2.01. The van der Waals surface area contributed by atoms with Crippen molar-refractivity contribution in [2.75, 3.05) is 23.8 Å². The molecule has 26 heavy (non-hydrogen) atoms. The van der Waals surface area contributed by atoms with Gasteiger partial charge in [0.1, 0.15) is 5.82 Å². The number of pyridine rings is 1. The van der Waals surface area contributed by atoms with Crippen molar-refractivity contribution in [1.82, 2.24) is 4.98 Å². The summed E-state index contributed by atoms with van der Waals surface area (Å²) in [5.74, 6) is -0.0514. The van der Waals surface area contributed by atoms with Crippen LogP contribution in [0.3, 0.4) is 0 Å². The van der Waals surface area contributed by atoms with E-state index in [1.807, 2.05) is 0 Å². The molecule has 2 aromatic rings. The molecule has 2 N–H and O–H groups in total. The van der Waals surface area contributed by atoms with Gasteiger partial charge >= 0.3 is 5.97 Å². The number of aromatic nitrogens is 1. The lowest BCUT2D eigenvalue weighted by Gasteiger charge is -2.10. The van der Waals surface area contributed by atoms with E-state index in [4.69, 9.17) is 4.74 Å². The van der Waals surface area contributed by atoms with Crippen LogP contribution in [0.2, 0.25) is 0 Å². The van der Waals surface area contributed by atoms with Crippen molar-refractivity contribution in [1.29, 1.82) is 0 Å². The van der Waals surface area contributed by atoms with Gasteiger partial charge in [0.25, 0.3) is 5.91 Å². The number of amides is 1. The van der Waals surface area contributed by atoms with Gasteiger partial charge in [-0.05, 0) is 37.6 Å². The smallest absolute Gasteiger partial charge is 0.340 e. The average molecular weight is 355 g/mol. The minimum atomic E-state index is -0.465. The number of ether oxygens (including phenoxy) is 1. The summed E-state index contributed by atoms with van der Waals surface area (Å²) in [5, 5.41) is 5.97. The van der Waals surface area contributed by atoms with Gasteiger partial charge in [-0.15, -0.1) is 0 Å². The van der Waals surface area contributed by atoms with Gasteiger partial charge in [-0.25, -0.2) is 9.78 Å². The molecule has 6 heteroatoms. The highest BCUT2D eigenvalue weighted by atomic mass is 16.5. The number of hydrogen-bond donors (Lipinski definition) is 2. The summed E-state index contributed by atoms with van der Waals surface area (Å²) >= 11 is 0. The van der Waals surface area contributed by atoms with E-state index in [9.17, 15) is 9.59 Å². The minimum Gasteiger partial charge on any atom is -0.462 e. The predicted octanol–water partition coefficient (Wildman–Crippen LogP) is 4.11. The molecule has 1 heterocycles. The number of anilines is 2. The molecule has 138 valence electrons. The quantitative estimate of drug-likeness (QED) is 0.522. The fourth-order valence-corrected chi connectivity index (χ4v) is 2.40. The van der Waals surface area contributed by atoms with Crippen molar-refractivity contribution < 1.29 is 14.3 Å². The highest BCUT2D eigenvalue weighted by Gasteiger charge is 2.15. The molecule has 0 fully saturated rings. The maximum Gasteiger partial charge on any atom is 0.340 e. The Kier molecular flexibility index (Phi) is 7.61. The zero-order valence-corrected chi connectivity index (χ0v) is 15.2. The van der Waals surface area contributed by atoms with E-state index in [0.717, 1.165) is 18.8 Å². The summed E-state index contributed by atoms with van der Waals surface area (Å²) in [7, 11) is 0. The third kappa shape index (κ3) is 5.58. The number of para-hydroxylation sites is 1. The Morgan fingerprint density at radius 3 is 2.58 bits per heavy atom. The predicted molar refractivity (Wildman–Crippen MR) is 103 cm³/mol. The first-order valence-corrected chi connectivity index (χ1v) is 8.93. The van der Waals surface area contributed by atoms with Crippen LogP contribution in [-0.2, 0) is 4.74 Å². The van der Waals surface area contributed by atoms with Crippen molar-refractivity contribution >= 4 is 23.4 Å². The highest BCUT2D eigenvalue weighted by Crippen LogP contribution is 2.17. The monoisotopic (exact) mass is 355 g/mol. The van der Waals surface area contributed by atoms with Crippen LogP contribution in [-0.4, -0.2) is 30.0 Å². The molecule has 0 aliphatic rings. The van der Waals surface area contributed by atoms with Gasteiger partial charge < -0.3 is 15.4 Å². The maximum absolute atomic E-state index is 12.4. The Labute approximate surface area is 154 Å². The zero-order chi connectivity index (χ0) is 18.8. The summed E-state index contributed by atoms with van der Waals surface area (Å²) < 4.78 is 5.02. The first kappa shape index (κ1) is 19.4. The summed E-state index contributed by atoms with van der Waals surface area (Å²) in [4.78, 5) is 28.7. The lowest BCUT2D eigenvalue weighted by Crippen LogP contribution is -2.16. The molecule has 0 bridgehead atoms. The van der Waals surface area contributed by atoms with Crippen molar-refractivity contribution in [2.24, 2.45) is 0 Å². The summed E-state index contributed by atoms with van der Waals surface area (Å²) in [6.45, 7) is 5.03. The van der Waals surface area contributed by atoms with E-state index in [-0.39, 0.29) is 12.5 Å². The third-order valence-corrected chi connectivity index (χ3v) is 3.78. The summed E-state index contributed by atoms with van der Waals surface area (Å²) in [5.41, 5.74) is 1.16. The van der Waals surface area contributed by atoms with E-state index < -0.39 is 5.97 Å². The van der Waals surface area contributed by atoms with Crippen LogP contribution in [0, 0.1) is 0 Å². The first-order chi connectivity index (χ1) is 12.7. The number of nitrogens with zero attached hydrogens (tertiary/aromatic N) is 1. The Hall–Kier alpha value is -2.89. The van der Waals surface area contributed by atoms with Crippen LogP contribution in [0.4, 0.5) is 11.5 Å². The molecule has 1 amide bonds. The molecule has 1 aromatic carbocycles. The topological polar surface area (TPSA) is 80.3 Å². The average Bonchev–Trinajstić information content (AvgIpc) is 2.66. The van der Waals surface area contributed by atoms with E-state index in [2.05, 4.69) is 22.5 Å². The van der Waals surface area contributed by atoms with Crippen molar-refractivity contribution in [3.8, 4) is 0 Å². The number of unbranched alkanes of at least 4 members (excludes halogenated alkanes) is 2. The molecule has 0 saturated heterocycles. The van der Waals surface area contributed by atoms with Crippen LogP contribution < -0.4 is 10.6 Å². The summed E-state index contributed by atoms with van der Waals surface area (Å²) in [6, 6.07) is 10.2. The minimum absolute atomic E-state index is 0.276. The molecule has 0 radical (unpaired) electrons. The lowest BCUT2D eigenvalue weighted by atomic mass is 10.1. The standard InChI is InChI=1S/C20H25N3O3/c1-3-5-8-13-21-18-12-11-15(14-22-18)19(24)23-17-10-7-6-9-16(17)20(25)26-4-2/h6-7,9-12,14H,3-5,8,13H2,1-2H3,(H,21,22)(H,23,24). The van der Waals surface area contributed by atoms with E-state index >= 15 is 0 Å². The molecule has 0 atom stereocenters. The number of carbonyl (C=O) groups excluding carboxylic acids is 2. The van der Waals surface area contributed by atoms with Crippen LogP contribution in [0.25, 0.3) is 0 Å². The Bertz CT molecular complexity index is 729. The van der Waals surface area contributed by atoms with Gasteiger partial charge in [-0.3, -0.25) is 4.79 Å². The van der Waals surface area contributed by atoms with Crippen LogP contribution in [0.5, 0.6) is 0 Å². The largest absolute Gasteiger partial charge is 0.462 e. The third-order valence-electron chi connectivity index (χ3n) is 3.78. The molecule has 0 aliphatic heterocycles. The van der Waals surface area contributed by atoms with E-state index in [1.54, 1.807) is 43.3 Å². The number of nitrogens with one attached hydrogen (secondary N) is 2. The lowest BCUT2D eigenvalue weighted by molar-refractivity contribution is 0.0527. The molecule has 0 unspecified atom stereocenters. The van der Waals surface area contributed by atoms with Crippen LogP contribution in [0.15, 0.2) is 42.6 Å². The van der Waals surface area contributed by atoms with Crippen molar-refractivity contribution in [3.63, 3.8) is 0 Å². The van der Waals surface area contributed by atoms with Gasteiger partial charge in [-0.2, -0.15) is 0 Å². The fourth-order valence-electron chi connectivity index (χ4n) is 2.40. The second-order valence-corrected chi connectivity index (χ2v) is 5.79. The number of benzene rings is 1. The van der Waals surface area contributed by atoms with Crippen molar-refractivity contribution in [2.45, 2.75) is 33.1 Å². The second-order valence-electron chi connectivity index (χ2n) is 5.79. The normalized spacial score (nSPS) is 10.2. The van der Waals surface area contributed by atoms with Gasteiger partial charge in [0.15, 0.2) is 0 Å². The second kappa shape index (κ2) is 10.2. The Morgan fingerprint density at radius 2 is 1.88 bits per heavy atom. The highest BCUT2D eigenvalue weighted by molar-refractivity contribution is 6.07. The molecular formula is C20H25N3O3. The maximum atomic E-state index is 12.4. The van der Waals surface area contributed by atoms with Gasteiger partial charge in [-0.1, -0.05) is 31.9 Å². The zero-order valence-electron chi connectivity index (χ0n) is 15.2. The molecule has 1 aromatic heterocycles. The number of rotatable bonds is 9. The number of carbonyl (C=O) groups is 2. The van der Waals surface area contributed by atoms with Crippen LogP contribution in [0.1, 0.15) is 53.8 Å². The molecule has 0 aliphatic carbocycles.